The van der Waals surface area contributed by atoms with E-state index in [1.165, 1.54) is 6.26 Å². The summed E-state index contributed by atoms with van der Waals surface area (Å²) in [5.74, 6) is -0.100. The Hall–Kier alpha value is -3.13. The van der Waals surface area contributed by atoms with Gasteiger partial charge in [-0.1, -0.05) is 18.2 Å². The van der Waals surface area contributed by atoms with Crippen LogP contribution in [0.4, 0.5) is 0 Å². The Bertz CT molecular complexity index is 1040. The average molecular weight is 452 g/mol. The van der Waals surface area contributed by atoms with Crippen LogP contribution >= 0.6 is 0 Å². The number of amides is 3. The number of rotatable bonds is 3. The number of hydrogen-bond acceptors (Lipinski definition) is 5. The lowest BCUT2D eigenvalue weighted by Gasteiger charge is -2.44. The lowest BCUT2D eigenvalue weighted by atomic mass is 9.95. The molecule has 0 aliphatic carbocycles. The molecule has 2 aromatic rings. The average Bonchev–Trinajstić information content (AvgIpc) is 3.60. The summed E-state index contributed by atoms with van der Waals surface area (Å²) in [6, 6.07) is 10.1. The van der Waals surface area contributed by atoms with Crippen molar-refractivity contribution in [2.45, 2.75) is 44.4 Å². The van der Waals surface area contributed by atoms with Gasteiger partial charge in [-0.25, -0.2) is 0 Å². The standard InChI is InChI=1S/C25H29N3O5/c1-18-7-2-3-8-19(18)22(29)28-20(23(30)26-12-4-5-13-26)17-33-25(28)10-14-27(15-11-25)24(31)21-9-6-16-32-21/h2-3,6-9,16,20H,4-5,10-15,17H2,1H3/t20-/m1/s1. The molecule has 33 heavy (non-hydrogen) atoms. The van der Waals surface area contributed by atoms with Crippen LogP contribution < -0.4 is 0 Å². The smallest absolute Gasteiger partial charge is 0.289 e. The Kier molecular flexibility index (Phi) is 5.70. The number of aryl methyl sites for hydroxylation is 1. The maximum Gasteiger partial charge on any atom is 0.289 e. The van der Waals surface area contributed by atoms with Crippen molar-refractivity contribution in [3.63, 3.8) is 0 Å². The van der Waals surface area contributed by atoms with Gasteiger partial charge in [-0.05, 0) is 43.5 Å². The fourth-order valence-corrected chi connectivity index (χ4v) is 5.26. The van der Waals surface area contributed by atoms with Crippen molar-refractivity contribution in [2.24, 2.45) is 0 Å². The number of benzene rings is 1. The minimum absolute atomic E-state index is 0.0413. The molecule has 0 N–H and O–H groups in total. The van der Waals surface area contributed by atoms with Gasteiger partial charge < -0.3 is 19.0 Å². The highest BCUT2D eigenvalue weighted by molar-refractivity contribution is 5.99. The van der Waals surface area contributed by atoms with Crippen LogP contribution in [0.15, 0.2) is 47.1 Å². The summed E-state index contributed by atoms with van der Waals surface area (Å²) in [5, 5.41) is 0. The van der Waals surface area contributed by atoms with Crippen LogP contribution in [-0.4, -0.2) is 77.0 Å². The van der Waals surface area contributed by atoms with Crippen LogP contribution in [0, 0.1) is 6.92 Å². The molecule has 3 aliphatic heterocycles. The summed E-state index contributed by atoms with van der Waals surface area (Å²) in [6.07, 6.45) is 4.34. The highest BCUT2D eigenvalue weighted by Crippen LogP contribution is 2.39. The maximum absolute atomic E-state index is 13.9. The van der Waals surface area contributed by atoms with E-state index in [1.807, 2.05) is 30.0 Å². The monoisotopic (exact) mass is 451 g/mol. The molecular weight excluding hydrogens is 422 g/mol. The van der Waals surface area contributed by atoms with Crippen molar-refractivity contribution >= 4 is 17.7 Å². The van der Waals surface area contributed by atoms with Crippen molar-refractivity contribution in [3.8, 4) is 0 Å². The summed E-state index contributed by atoms with van der Waals surface area (Å²) in [4.78, 5) is 45.3. The summed E-state index contributed by atoms with van der Waals surface area (Å²) in [6.45, 7) is 4.36. The highest BCUT2D eigenvalue weighted by atomic mass is 16.5. The number of carbonyl (C=O) groups excluding carboxylic acids is 3. The molecule has 8 nitrogen and oxygen atoms in total. The Morgan fingerprint density at radius 3 is 2.30 bits per heavy atom. The second-order valence-corrected chi connectivity index (χ2v) is 9.06. The summed E-state index contributed by atoms with van der Waals surface area (Å²) in [5.41, 5.74) is 0.539. The molecule has 0 unspecified atom stereocenters. The van der Waals surface area contributed by atoms with Gasteiger partial charge in [-0.3, -0.25) is 19.3 Å². The number of piperidine rings is 1. The summed E-state index contributed by atoms with van der Waals surface area (Å²) in [7, 11) is 0. The molecule has 0 bridgehead atoms. The van der Waals surface area contributed by atoms with E-state index in [9.17, 15) is 14.4 Å². The quantitative estimate of drug-likeness (QED) is 0.717. The molecular formula is C25H29N3O5. The van der Waals surface area contributed by atoms with E-state index in [0.29, 0.717) is 37.3 Å². The number of nitrogens with zero attached hydrogens (tertiary/aromatic N) is 3. The Labute approximate surface area is 193 Å². The predicted octanol–water partition coefficient (Wildman–Crippen LogP) is 2.68. The third-order valence-corrected chi connectivity index (χ3v) is 7.12. The van der Waals surface area contributed by atoms with E-state index >= 15 is 0 Å². The fourth-order valence-electron chi connectivity index (χ4n) is 5.26. The molecule has 3 amide bonds. The molecule has 174 valence electrons. The van der Waals surface area contributed by atoms with Gasteiger partial charge in [-0.2, -0.15) is 0 Å². The zero-order chi connectivity index (χ0) is 23.0. The van der Waals surface area contributed by atoms with Gasteiger partial charge in [0.2, 0.25) is 5.91 Å². The van der Waals surface area contributed by atoms with Crippen molar-refractivity contribution in [1.82, 2.24) is 14.7 Å². The van der Waals surface area contributed by atoms with Gasteiger partial charge in [0.15, 0.2) is 5.76 Å². The molecule has 4 heterocycles. The van der Waals surface area contributed by atoms with Crippen LogP contribution in [0.5, 0.6) is 0 Å². The number of carbonyl (C=O) groups is 3. The largest absolute Gasteiger partial charge is 0.459 e. The summed E-state index contributed by atoms with van der Waals surface area (Å²) >= 11 is 0. The molecule has 1 atom stereocenters. The van der Waals surface area contributed by atoms with Gasteiger partial charge in [0.05, 0.1) is 12.9 Å². The second-order valence-electron chi connectivity index (χ2n) is 9.06. The number of likely N-dealkylation sites (tertiary alicyclic amines) is 2. The third-order valence-electron chi connectivity index (χ3n) is 7.12. The lowest BCUT2D eigenvalue weighted by Crippen LogP contribution is -2.60. The van der Waals surface area contributed by atoms with Gasteiger partial charge in [-0.15, -0.1) is 0 Å². The van der Waals surface area contributed by atoms with E-state index in [-0.39, 0.29) is 24.3 Å². The van der Waals surface area contributed by atoms with E-state index in [2.05, 4.69) is 0 Å². The summed E-state index contributed by atoms with van der Waals surface area (Å²) < 4.78 is 11.5. The maximum atomic E-state index is 13.9. The van der Waals surface area contributed by atoms with Crippen LogP contribution in [0.1, 0.15) is 52.2 Å². The molecule has 0 radical (unpaired) electrons. The Balaban J connectivity index is 1.42. The first-order chi connectivity index (χ1) is 16.0. The van der Waals surface area contributed by atoms with E-state index < -0.39 is 11.8 Å². The fraction of sp³-hybridized carbons (Fsp3) is 0.480. The third kappa shape index (κ3) is 3.82. The minimum atomic E-state index is -0.903. The van der Waals surface area contributed by atoms with Crippen molar-refractivity contribution in [1.29, 1.82) is 0 Å². The molecule has 0 saturated carbocycles. The lowest BCUT2D eigenvalue weighted by molar-refractivity contribution is -0.136. The van der Waals surface area contributed by atoms with E-state index in [4.69, 9.17) is 9.15 Å². The van der Waals surface area contributed by atoms with E-state index in [0.717, 1.165) is 31.5 Å². The second kappa shape index (κ2) is 8.67. The van der Waals surface area contributed by atoms with Gasteiger partial charge in [0, 0.05) is 44.6 Å². The highest BCUT2D eigenvalue weighted by Gasteiger charge is 2.55. The number of furan rings is 1. The van der Waals surface area contributed by atoms with Crippen LogP contribution in [0.25, 0.3) is 0 Å². The van der Waals surface area contributed by atoms with E-state index in [1.54, 1.807) is 28.0 Å². The molecule has 1 aromatic carbocycles. The SMILES string of the molecule is Cc1ccccc1C(=O)N1[C@@H](C(=O)N2CCCC2)COC12CCN(C(=O)c1ccco1)CC2. The molecule has 8 heteroatoms. The first kappa shape index (κ1) is 21.7. The molecule has 3 fully saturated rings. The Morgan fingerprint density at radius 2 is 1.64 bits per heavy atom. The van der Waals surface area contributed by atoms with Gasteiger partial charge in [0.1, 0.15) is 11.8 Å². The van der Waals surface area contributed by atoms with Crippen LogP contribution in [-0.2, 0) is 9.53 Å². The Morgan fingerprint density at radius 1 is 0.909 bits per heavy atom. The van der Waals surface area contributed by atoms with Crippen molar-refractivity contribution < 1.29 is 23.5 Å². The first-order valence-corrected chi connectivity index (χ1v) is 11.6. The molecule has 1 aromatic heterocycles. The van der Waals surface area contributed by atoms with Gasteiger partial charge in [0.25, 0.3) is 11.8 Å². The topological polar surface area (TPSA) is 83.3 Å². The molecule has 1 spiro atoms. The normalized spacial score (nSPS) is 22.2. The van der Waals surface area contributed by atoms with Crippen LogP contribution in [0.3, 0.4) is 0 Å². The zero-order valence-corrected chi connectivity index (χ0v) is 18.9. The first-order valence-electron chi connectivity index (χ1n) is 11.6. The molecule has 5 rings (SSSR count). The predicted molar refractivity (Wildman–Crippen MR) is 119 cm³/mol. The van der Waals surface area contributed by atoms with Crippen molar-refractivity contribution in [3.05, 3.63) is 59.5 Å². The number of hydrogen-bond donors (Lipinski definition) is 0. The molecule has 3 aliphatic rings. The zero-order valence-electron chi connectivity index (χ0n) is 18.9. The number of ether oxygens (including phenoxy) is 1. The van der Waals surface area contributed by atoms with Gasteiger partial charge >= 0.3 is 0 Å². The molecule has 3 saturated heterocycles. The van der Waals surface area contributed by atoms with Crippen molar-refractivity contribution in [2.75, 3.05) is 32.8 Å². The minimum Gasteiger partial charge on any atom is -0.459 e. The van der Waals surface area contributed by atoms with Crippen LogP contribution in [0.2, 0.25) is 0 Å².